The number of rotatable bonds is 4. The number of amides is 4. The number of carbonyl (C=O) groups is 2. The first-order valence-electron chi connectivity index (χ1n) is 8.61. The van der Waals surface area contributed by atoms with Crippen molar-refractivity contribution < 1.29 is 9.59 Å². The summed E-state index contributed by atoms with van der Waals surface area (Å²) in [7, 11) is 6.83. The lowest BCUT2D eigenvalue weighted by molar-refractivity contribution is 0.230. The molecule has 0 aliphatic rings. The molecule has 2 N–H and O–H groups in total. The van der Waals surface area contributed by atoms with Crippen molar-refractivity contribution in [2.75, 3.05) is 38.8 Å². The fraction of sp³-hybridized carbons (Fsp3) is 0.579. The third kappa shape index (κ3) is 4.87. The molecule has 0 unspecified atom stereocenters. The molecule has 0 atom stereocenters. The Balaban J connectivity index is 3.63. The molecule has 0 aliphatic carbocycles. The van der Waals surface area contributed by atoms with E-state index in [1.807, 2.05) is 13.0 Å². The van der Waals surface area contributed by atoms with E-state index in [9.17, 15) is 9.59 Å². The van der Waals surface area contributed by atoms with Gasteiger partial charge in [-0.2, -0.15) is 0 Å². The lowest BCUT2D eigenvalue weighted by Crippen LogP contribution is -2.30. The highest BCUT2D eigenvalue weighted by Crippen LogP contribution is 2.40. The third-order valence-electron chi connectivity index (χ3n) is 4.07. The Bertz CT molecular complexity index is 649. The number of benzene rings is 1. The predicted octanol–water partition coefficient (Wildman–Crippen LogP) is 4.43. The molecule has 6 nitrogen and oxygen atoms in total. The molecular formula is C19H32N4O2. The summed E-state index contributed by atoms with van der Waals surface area (Å²) in [4.78, 5) is 27.5. The topological polar surface area (TPSA) is 64.7 Å². The Morgan fingerprint density at radius 2 is 1.28 bits per heavy atom. The smallest absolute Gasteiger partial charge is 0.321 e. The Hall–Kier alpha value is -2.24. The fourth-order valence-electron chi connectivity index (χ4n) is 2.65. The standard InChI is InChI=1S/C19H32N4O2/c1-11(2)14-10-13(5)16(20-18(24)22(6)7)15(12(3)4)17(14)21-19(25)23(8)9/h10-12H,1-9H3,(H,20,24)(H,21,25). The van der Waals surface area contributed by atoms with Gasteiger partial charge in [-0.25, -0.2) is 9.59 Å². The maximum atomic E-state index is 12.3. The summed E-state index contributed by atoms with van der Waals surface area (Å²) in [6, 6.07) is 1.68. The summed E-state index contributed by atoms with van der Waals surface area (Å²) in [5.41, 5.74) is 4.58. The molecule has 0 radical (unpaired) electrons. The molecule has 6 heteroatoms. The molecule has 140 valence electrons. The van der Waals surface area contributed by atoms with Crippen LogP contribution in [0.15, 0.2) is 6.07 Å². The van der Waals surface area contributed by atoms with Crippen molar-refractivity contribution in [3.63, 3.8) is 0 Å². The van der Waals surface area contributed by atoms with E-state index in [0.29, 0.717) is 0 Å². The van der Waals surface area contributed by atoms with Crippen LogP contribution in [0.1, 0.15) is 56.2 Å². The second-order valence-electron chi connectivity index (χ2n) is 7.40. The van der Waals surface area contributed by atoms with Crippen LogP contribution in [-0.2, 0) is 0 Å². The van der Waals surface area contributed by atoms with Gasteiger partial charge in [-0.1, -0.05) is 33.8 Å². The molecule has 1 rings (SSSR count). The van der Waals surface area contributed by atoms with Gasteiger partial charge < -0.3 is 20.4 Å². The maximum absolute atomic E-state index is 12.3. The summed E-state index contributed by atoms with van der Waals surface area (Å²) >= 11 is 0. The second-order valence-corrected chi connectivity index (χ2v) is 7.40. The molecule has 4 amide bonds. The highest BCUT2D eigenvalue weighted by Gasteiger charge is 2.23. The first kappa shape index (κ1) is 20.8. The van der Waals surface area contributed by atoms with E-state index >= 15 is 0 Å². The monoisotopic (exact) mass is 348 g/mol. The van der Waals surface area contributed by atoms with Crippen LogP contribution in [0.5, 0.6) is 0 Å². The van der Waals surface area contributed by atoms with Crippen LogP contribution in [0.3, 0.4) is 0 Å². The van der Waals surface area contributed by atoms with Crippen LogP contribution in [0.2, 0.25) is 0 Å². The number of anilines is 2. The minimum Gasteiger partial charge on any atom is -0.331 e. The SMILES string of the molecule is Cc1cc(C(C)C)c(NC(=O)N(C)C)c(C(C)C)c1NC(=O)N(C)C. The quantitative estimate of drug-likeness (QED) is 0.845. The van der Waals surface area contributed by atoms with Gasteiger partial charge in [0.05, 0.1) is 11.4 Å². The first-order chi connectivity index (χ1) is 11.5. The van der Waals surface area contributed by atoms with Gasteiger partial charge in [-0.15, -0.1) is 0 Å². The van der Waals surface area contributed by atoms with Crippen LogP contribution in [0, 0.1) is 6.92 Å². The van der Waals surface area contributed by atoms with Crippen LogP contribution in [-0.4, -0.2) is 50.1 Å². The zero-order valence-corrected chi connectivity index (χ0v) is 16.9. The van der Waals surface area contributed by atoms with Crippen LogP contribution >= 0.6 is 0 Å². The number of carbonyl (C=O) groups excluding carboxylic acids is 2. The van der Waals surface area contributed by atoms with Crippen molar-refractivity contribution in [3.8, 4) is 0 Å². The van der Waals surface area contributed by atoms with Gasteiger partial charge >= 0.3 is 12.1 Å². The van der Waals surface area contributed by atoms with E-state index in [2.05, 4.69) is 38.3 Å². The van der Waals surface area contributed by atoms with Gasteiger partial charge in [-0.05, 0) is 29.9 Å². The average molecular weight is 348 g/mol. The van der Waals surface area contributed by atoms with Crippen molar-refractivity contribution >= 4 is 23.4 Å². The van der Waals surface area contributed by atoms with Crippen molar-refractivity contribution in [2.24, 2.45) is 0 Å². The Kier molecular flexibility index (Phi) is 6.85. The lowest BCUT2D eigenvalue weighted by atomic mass is 9.88. The maximum Gasteiger partial charge on any atom is 0.321 e. The van der Waals surface area contributed by atoms with E-state index < -0.39 is 0 Å². The average Bonchev–Trinajstić information content (AvgIpc) is 2.48. The molecule has 0 heterocycles. The number of aryl methyl sites for hydroxylation is 1. The molecule has 0 aliphatic heterocycles. The molecular weight excluding hydrogens is 316 g/mol. The third-order valence-corrected chi connectivity index (χ3v) is 4.07. The molecule has 0 saturated carbocycles. The van der Waals surface area contributed by atoms with Crippen molar-refractivity contribution in [2.45, 2.75) is 46.5 Å². The summed E-state index contributed by atoms with van der Waals surface area (Å²) in [6.45, 7) is 10.3. The van der Waals surface area contributed by atoms with Gasteiger partial charge in [0.1, 0.15) is 0 Å². The number of nitrogens with zero attached hydrogens (tertiary/aromatic N) is 2. The van der Waals surface area contributed by atoms with Gasteiger partial charge in [0.15, 0.2) is 0 Å². The molecule has 25 heavy (non-hydrogen) atoms. The molecule has 0 saturated heterocycles. The molecule has 1 aromatic carbocycles. The lowest BCUT2D eigenvalue weighted by Gasteiger charge is -2.27. The first-order valence-corrected chi connectivity index (χ1v) is 8.61. The summed E-state index contributed by atoms with van der Waals surface area (Å²) < 4.78 is 0. The van der Waals surface area contributed by atoms with E-state index in [0.717, 1.165) is 28.1 Å². The van der Waals surface area contributed by atoms with E-state index in [1.165, 1.54) is 9.80 Å². The molecule has 0 aromatic heterocycles. The van der Waals surface area contributed by atoms with Crippen molar-refractivity contribution in [1.29, 1.82) is 0 Å². The van der Waals surface area contributed by atoms with E-state index in [4.69, 9.17) is 0 Å². The minimum atomic E-state index is -0.188. The summed E-state index contributed by atoms with van der Waals surface area (Å²) in [5.74, 6) is 0.375. The Morgan fingerprint density at radius 3 is 1.64 bits per heavy atom. The van der Waals surface area contributed by atoms with Gasteiger partial charge in [0, 0.05) is 33.8 Å². The van der Waals surface area contributed by atoms with Crippen LogP contribution in [0.4, 0.5) is 21.0 Å². The Morgan fingerprint density at radius 1 is 0.840 bits per heavy atom. The van der Waals surface area contributed by atoms with E-state index in [-0.39, 0.29) is 23.9 Å². The molecule has 0 fully saturated rings. The van der Waals surface area contributed by atoms with Gasteiger partial charge in [-0.3, -0.25) is 0 Å². The molecule has 0 spiro atoms. The van der Waals surface area contributed by atoms with Crippen molar-refractivity contribution in [3.05, 3.63) is 22.8 Å². The Labute approximate surface area is 151 Å². The zero-order valence-electron chi connectivity index (χ0n) is 16.9. The van der Waals surface area contributed by atoms with Crippen LogP contribution < -0.4 is 10.6 Å². The number of urea groups is 2. The van der Waals surface area contributed by atoms with Crippen LogP contribution in [0.25, 0.3) is 0 Å². The second kappa shape index (κ2) is 8.23. The van der Waals surface area contributed by atoms with Gasteiger partial charge in [0.25, 0.3) is 0 Å². The van der Waals surface area contributed by atoms with Crippen molar-refractivity contribution in [1.82, 2.24) is 9.80 Å². The molecule has 0 bridgehead atoms. The highest BCUT2D eigenvalue weighted by molar-refractivity contribution is 5.96. The summed E-state index contributed by atoms with van der Waals surface area (Å²) in [6.07, 6.45) is 0. The number of hydrogen-bond acceptors (Lipinski definition) is 2. The predicted molar refractivity (Wildman–Crippen MR) is 105 cm³/mol. The normalized spacial score (nSPS) is 10.8. The van der Waals surface area contributed by atoms with Gasteiger partial charge in [0.2, 0.25) is 0 Å². The number of hydrogen-bond donors (Lipinski definition) is 2. The largest absolute Gasteiger partial charge is 0.331 e. The fourth-order valence-corrected chi connectivity index (χ4v) is 2.65. The zero-order chi connectivity index (χ0) is 19.5. The highest BCUT2D eigenvalue weighted by atomic mass is 16.2. The summed E-state index contributed by atoms with van der Waals surface area (Å²) in [5, 5.41) is 6.02. The molecule has 1 aromatic rings. The minimum absolute atomic E-state index is 0.132. The van der Waals surface area contributed by atoms with E-state index in [1.54, 1.807) is 28.2 Å². The number of nitrogens with one attached hydrogen (secondary N) is 2.